The minimum Gasteiger partial charge on any atom is -0.497 e. The molecule has 0 saturated carbocycles. The Morgan fingerprint density at radius 2 is 1.86 bits per heavy atom. The number of ketones is 1. The molecular weight excluding hydrogens is 248 g/mol. The van der Waals surface area contributed by atoms with Crippen LogP contribution in [0, 0.1) is 0 Å². The average molecular weight is 259 g/mol. The molecule has 14 heavy (non-hydrogen) atoms. The van der Waals surface area contributed by atoms with Crippen LogP contribution in [0.4, 0.5) is 0 Å². The van der Waals surface area contributed by atoms with Crippen LogP contribution in [-0.4, -0.2) is 25.0 Å². The fraction of sp³-hybridized carbons (Fsp3) is 0.300. The third kappa shape index (κ3) is 2.56. The van der Waals surface area contributed by atoms with Crippen LogP contribution in [0.2, 0.25) is 0 Å². The molecule has 0 amide bonds. The second kappa shape index (κ2) is 5.12. The third-order valence-corrected chi connectivity index (χ3v) is 2.58. The van der Waals surface area contributed by atoms with E-state index in [0.29, 0.717) is 5.56 Å². The summed E-state index contributed by atoms with van der Waals surface area (Å²) in [4.78, 5) is 11.6. The van der Waals surface area contributed by atoms with Gasteiger partial charge in [0.2, 0.25) is 5.78 Å². The van der Waals surface area contributed by atoms with Crippen LogP contribution in [0.15, 0.2) is 24.3 Å². The van der Waals surface area contributed by atoms with Gasteiger partial charge in [-0.05, 0) is 40.2 Å². The zero-order chi connectivity index (χ0) is 10.6. The van der Waals surface area contributed by atoms with E-state index in [9.17, 15) is 4.79 Å². The van der Waals surface area contributed by atoms with Gasteiger partial charge in [-0.15, -0.1) is 0 Å². The van der Waals surface area contributed by atoms with Crippen LogP contribution in [0.5, 0.6) is 5.75 Å². The Hall–Kier alpha value is -0.870. The van der Waals surface area contributed by atoms with E-state index < -0.39 is 5.01 Å². The number of hydrogen-bond donors (Lipinski definition) is 0. The van der Waals surface area contributed by atoms with Crippen LogP contribution >= 0.6 is 15.9 Å². The monoisotopic (exact) mass is 258 g/mol. The Balaban J connectivity index is 2.81. The molecule has 4 heteroatoms. The van der Waals surface area contributed by atoms with Crippen molar-refractivity contribution < 1.29 is 14.3 Å². The summed E-state index contributed by atoms with van der Waals surface area (Å²) >= 11 is 3.11. The highest BCUT2D eigenvalue weighted by Crippen LogP contribution is 2.15. The van der Waals surface area contributed by atoms with Gasteiger partial charge in [-0.25, -0.2) is 0 Å². The predicted octanol–water partition coefficient (Wildman–Crippen LogP) is 2.25. The van der Waals surface area contributed by atoms with Gasteiger partial charge in [0.25, 0.3) is 0 Å². The van der Waals surface area contributed by atoms with Crippen molar-refractivity contribution in [2.45, 2.75) is 5.01 Å². The van der Waals surface area contributed by atoms with E-state index in [1.807, 2.05) is 0 Å². The molecule has 0 spiro atoms. The molecule has 0 N–H and O–H groups in total. The summed E-state index contributed by atoms with van der Waals surface area (Å²) in [6, 6.07) is 6.88. The van der Waals surface area contributed by atoms with E-state index >= 15 is 0 Å². The molecule has 3 nitrogen and oxygen atoms in total. The summed E-state index contributed by atoms with van der Waals surface area (Å²) in [5.74, 6) is 0.625. The molecule has 0 aromatic heterocycles. The van der Waals surface area contributed by atoms with Gasteiger partial charge >= 0.3 is 0 Å². The predicted molar refractivity (Wildman–Crippen MR) is 57.0 cm³/mol. The Kier molecular flexibility index (Phi) is 4.10. The van der Waals surface area contributed by atoms with Gasteiger partial charge in [0.15, 0.2) is 5.01 Å². The molecule has 0 bridgehead atoms. The lowest BCUT2D eigenvalue weighted by Crippen LogP contribution is -2.15. The number of carbonyl (C=O) groups excluding carboxylic acids is 1. The average Bonchev–Trinajstić information content (AvgIpc) is 2.27. The molecule has 0 saturated heterocycles. The van der Waals surface area contributed by atoms with Gasteiger partial charge in [-0.3, -0.25) is 4.79 Å². The lowest BCUT2D eigenvalue weighted by atomic mass is 10.1. The number of benzene rings is 1. The second-order valence-electron chi connectivity index (χ2n) is 2.64. The van der Waals surface area contributed by atoms with Crippen LogP contribution in [0.25, 0.3) is 0 Å². The van der Waals surface area contributed by atoms with Crippen molar-refractivity contribution in [1.29, 1.82) is 0 Å². The Bertz CT molecular complexity index is 308. The van der Waals surface area contributed by atoms with E-state index in [0.717, 1.165) is 5.75 Å². The largest absolute Gasteiger partial charge is 0.497 e. The van der Waals surface area contributed by atoms with Crippen molar-refractivity contribution in [2.24, 2.45) is 0 Å². The first-order valence-electron chi connectivity index (χ1n) is 4.04. The van der Waals surface area contributed by atoms with Gasteiger partial charge in [0.1, 0.15) is 5.75 Å². The molecule has 0 radical (unpaired) electrons. The van der Waals surface area contributed by atoms with Gasteiger partial charge in [0, 0.05) is 12.7 Å². The number of hydrogen-bond acceptors (Lipinski definition) is 3. The van der Waals surface area contributed by atoms with Crippen LogP contribution < -0.4 is 4.74 Å². The van der Waals surface area contributed by atoms with E-state index in [1.165, 1.54) is 7.11 Å². The molecule has 1 atom stereocenters. The van der Waals surface area contributed by atoms with Crippen LogP contribution in [-0.2, 0) is 4.74 Å². The summed E-state index contributed by atoms with van der Waals surface area (Å²) in [6.07, 6.45) is 0. The number of halogens is 1. The summed E-state index contributed by atoms with van der Waals surface area (Å²) < 4.78 is 9.84. The maximum absolute atomic E-state index is 11.6. The highest BCUT2D eigenvalue weighted by atomic mass is 79.9. The summed E-state index contributed by atoms with van der Waals surface area (Å²) in [7, 11) is 3.06. The van der Waals surface area contributed by atoms with Crippen LogP contribution in [0.1, 0.15) is 10.4 Å². The van der Waals surface area contributed by atoms with E-state index in [1.54, 1.807) is 31.4 Å². The molecular formula is C10H11BrO3. The maximum Gasteiger partial charge on any atom is 0.202 e. The Labute approximate surface area is 91.1 Å². The van der Waals surface area contributed by atoms with E-state index in [2.05, 4.69) is 15.9 Å². The molecule has 0 fully saturated rings. The summed E-state index contributed by atoms with van der Waals surface area (Å²) in [5, 5.41) is -0.587. The topological polar surface area (TPSA) is 35.5 Å². The van der Waals surface area contributed by atoms with Crippen molar-refractivity contribution in [3.05, 3.63) is 29.8 Å². The Morgan fingerprint density at radius 1 is 1.29 bits per heavy atom. The fourth-order valence-corrected chi connectivity index (χ4v) is 1.26. The number of carbonyl (C=O) groups is 1. The van der Waals surface area contributed by atoms with Gasteiger partial charge in [0.05, 0.1) is 7.11 Å². The normalized spacial score (nSPS) is 12.2. The molecule has 1 rings (SSSR count). The number of methoxy groups -OCH3 is 2. The minimum atomic E-state index is -0.587. The lowest BCUT2D eigenvalue weighted by molar-refractivity contribution is 0.0805. The number of Topliss-reactive ketones (excluding diaryl/α,β-unsaturated/α-hetero) is 1. The first kappa shape index (κ1) is 11.2. The summed E-state index contributed by atoms with van der Waals surface area (Å²) in [6.45, 7) is 0. The lowest BCUT2D eigenvalue weighted by Gasteiger charge is -2.06. The molecule has 0 aliphatic heterocycles. The maximum atomic E-state index is 11.6. The molecule has 0 aliphatic rings. The molecule has 0 heterocycles. The van der Waals surface area contributed by atoms with Crippen molar-refractivity contribution >= 4 is 21.7 Å². The molecule has 76 valence electrons. The first-order chi connectivity index (χ1) is 6.69. The zero-order valence-electron chi connectivity index (χ0n) is 7.99. The van der Waals surface area contributed by atoms with Gasteiger partial charge in [-0.2, -0.15) is 0 Å². The van der Waals surface area contributed by atoms with Crippen LogP contribution in [0.3, 0.4) is 0 Å². The second-order valence-corrected chi connectivity index (χ2v) is 3.48. The minimum absolute atomic E-state index is 0.102. The van der Waals surface area contributed by atoms with Gasteiger partial charge in [-0.1, -0.05) is 0 Å². The zero-order valence-corrected chi connectivity index (χ0v) is 9.58. The Morgan fingerprint density at radius 3 is 2.29 bits per heavy atom. The number of ether oxygens (including phenoxy) is 2. The first-order valence-corrected chi connectivity index (χ1v) is 4.95. The smallest absolute Gasteiger partial charge is 0.202 e. The third-order valence-electron chi connectivity index (χ3n) is 1.79. The molecule has 1 aromatic rings. The molecule has 0 aliphatic carbocycles. The van der Waals surface area contributed by atoms with E-state index in [-0.39, 0.29) is 5.78 Å². The van der Waals surface area contributed by atoms with Crippen molar-refractivity contribution in [1.82, 2.24) is 0 Å². The highest BCUT2D eigenvalue weighted by Gasteiger charge is 2.15. The number of rotatable bonds is 4. The van der Waals surface area contributed by atoms with Crippen molar-refractivity contribution in [3.63, 3.8) is 0 Å². The standard InChI is InChI=1S/C10H11BrO3/c1-13-8-5-3-7(4-6-8)9(12)10(11)14-2/h3-6,10H,1-2H3. The molecule has 1 unspecified atom stereocenters. The van der Waals surface area contributed by atoms with E-state index in [4.69, 9.17) is 9.47 Å². The fourth-order valence-electron chi connectivity index (χ4n) is 0.993. The van der Waals surface area contributed by atoms with Crippen molar-refractivity contribution in [3.8, 4) is 5.75 Å². The summed E-state index contributed by atoms with van der Waals surface area (Å²) in [5.41, 5.74) is 0.592. The van der Waals surface area contributed by atoms with Crippen molar-refractivity contribution in [2.75, 3.05) is 14.2 Å². The molecule has 1 aromatic carbocycles. The van der Waals surface area contributed by atoms with Gasteiger partial charge < -0.3 is 9.47 Å². The quantitative estimate of drug-likeness (QED) is 0.614. The SMILES string of the molecule is COc1ccc(C(=O)C(Br)OC)cc1. The number of alkyl halides is 1. The highest BCUT2D eigenvalue weighted by molar-refractivity contribution is 9.09.